The summed E-state index contributed by atoms with van der Waals surface area (Å²) in [7, 11) is 1.62. The summed E-state index contributed by atoms with van der Waals surface area (Å²) < 4.78 is 5.06. The van der Waals surface area contributed by atoms with Crippen LogP contribution in [0.5, 0.6) is 0 Å². The number of hydrogen-bond donors (Lipinski definition) is 1. The van der Waals surface area contributed by atoms with Gasteiger partial charge in [0, 0.05) is 26.6 Å². The third-order valence-electron chi connectivity index (χ3n) is 3.55. The maximum Gasteiger partial charge on any atom is 0.225 e. The zero-order chi connectivity index (χ0) is 14.3. The Morgan fingerprint density at radius 1 is 1.53 bits per heavy atom. The Balaban J connectivity index is 2.36. The standard InChI is InChI=1S/C14H26N2O3/c1-4-5-6-7-15-14(18)12-8-13(17)16(9-12)11(2)10-19-3/h11-12H,4-10H2,1-3H3,(H,15,18)/t11-,12+/m0/s1. The summed E-state index contributed by atoms with van der Waals surface area (Å²) in [5.74, 6) is -0.136. The van der Waals surface area contributed by atoms with E-state index in [-0.39, 0.29) is 23.8 Å². The summed E-state index contributed by atoms with van der Waals surface area (Å²) in [5.41, 5.74) is 0. The number of hydrogen-bond acceptors (Lipinski definition) is 3. The van der Waals surface area contributed by atoms with Gasteiger partial charge >= 0.3 is 0 Å². The van der Waals surface area contributed by atoms with Gasteiger partial charge in [-0.15, -0.1) is 0 Å². The van der Waals surface area contributed by atoms with E-state index in [9.17, 15) is 9.59 Å². The van der Waals surface area contributed by atoms with Crippen molar-refractivity contribution in [3.8, 4) is 0 Å². The van der Waals surface area contributed by atoms with Crippen LogP contribution in [0.25, 0.3) is 0 Å². The van der Waals surface area contributed by atoms with Crippen molar-refractivity contribution in [1.29, 1.82) is 0 Å². The molecule has 2 atom stereocenters. The molecule has 0 aromatic carbocycles. The van der Waals surface area contributed by atoms with Gasteiger partial charge < -0.3 is 15.0 Å². The van der Waals surface area contributed by atoms with E-state index in [1.165, 1.54) is 0 Å². The average molecular weight is 270 g/mol. The van der Waals surface area contributed by atoms with Gasteiger partial charge in [-0.25, -0.2) is 0 Å². The van der Waals surface area contributed by atoms with E-state index in [0.717, 1.165) is 19.3 Å². The van der Waals surface area contributed by atoms with Crippen molar-refractivity contribution in [2.24, 2.45) is 5.92 Å². The lowest BCUT2D eigenvalue weighted by atomic mass is 10.1. The third kappa shape index (κ3) is 4.82. The van der Waals surface area contributed by atoms with Crippen molar-refractivity contribution in [2.45, 2.75) is 45.6 Å². The zero-order valence-electron chi connectivity index (χ0n) is 12.3. The molecule has 5 heteroatoms. The van der Waals surface area contributed by atoms with Gasteiger partial charge in [0.1, 0.15) is 0 Å². The molecule has 1 N–H and O–H groups in total. The molecule has 0 spiro atoms. The fraction of sp³-hybridized carbons (Fsp3) is 0.857. The third-order valence-corrected chi connectivity index (χ3v) is 3.55. The quantitative estimate of drug-likeness (QED) is 0.674. The molecule has 0 saturated carbocycles. The van der Waals surface area contributed by atoms with Crippen LogP contribution in [0.1, 0.15) is 39.5 Å². The van der Waals surface area contributed by atoms with Crippen LogP contribution in [-0.4, -0.2) is 49.6 Å². The lowest BCUT2D eigenvalue weighted by Gasteiger charge is -2.23. The molecule has 1 rings (SSSR count). The van der Waals surface area contributed by atoms with Crippen LogP contribution in [0.4, 0.5) is 0 Å². The number of nitrogens with zero attached hydrogens (tertiary/aromatic N) is 1. The largest absolute Gasteiger partial charge is 0.383 e. The maximum atomic E-state index is 12.0. The summed E-state index contributed by atoms with van der Waals surface area (Å²) in [4.78, 5) is 25.6. The van der Waals surface area contributed by atoms with E-state index in [0.29, 0.717) is 26.1 Å². The number of carbonyl (C=O) groups is 2. The monoisotopic (exact) mass is 270 g/mol. The number of unbranched alkanes of at least 4 members (excludes halogenated alkanes) is 2. The van der Waals surface area contributed by atoms with Gasteiger partial charge in [-0.3, -0.25) is 9.59 Å². The van der Waals surface area contributed by atoms with Crippen molar-refractivity contribution in [1.82, 2.24) is 10.2 Å². The van der Waals surface area contributed by atoms with Crippen molar-refractivity contribution in [3.63, 3.8) is 0 Å². The second kappa shape index (κ2) is 8.15. The molecular weight excluding hydrogens is 244 g/mol. The second-order valence-electron chi connectivity index (χ2n) is 5.25. The Bertz CT molecular complexity index is 307. The van der Waals surface area contributed by atoms with E-state index < -0.39 is 0 Å². The van der Waals surface area contributed by atoms with Crippen LogP contribution < -0.4 is 5.32 Å². The lowest BCUT2D eigenvalue weighted by molar-refractivity contribution is -0.130. The molecule has 1 aliphatic heterocycles. The van der Waals surface area contributed by atoms with Crippen LogP contribution in [-0.2, 0) is 14.3 Å². The number of likely N-dealkylation sites (tertiary alicyclic amines) is 1. The topological polar surface area (TPSA) is 58.6 Å². The smallest absolute Gasteiger partial charge is 0.225 e. The minimum Gasteiger partial charge on any atom is -0.383 e. The highest BCUT2D eigenvalue weighted by Crippen LogP contribution is 2.20. The van der Waals surface area contributed by atoms with Crippen molar-refractivity contribution in [3.05, 3.63) is 0 Å². The van der Waals surface area contributed by atoms with Crippen LogP contribution in [0, 0.1) is 5.92 Å². The molecule has 2 amide bonds. The Hall–Kier alpha value is -1.10. The Labute approximate surface area is 115 Å². The summed E-state index contributed by atoms with van der Waals surface area (Å²) in [5, 5.41) is 2.92. The minimum atomic E-state index is -0.201. The molecule has 110 valence electrons. The number of nitrogens with one attached hydrogen (secondary N) is 1. The predicted octanol–water partition coefficient (Wildman–Crippen LogP) is 1.18. The van der Waals surface area contributed by atoms with E-state index in [2.05, 4.69) is 12.2 Å². The van der Waals surface area contributed by atoms with E-state index in [1.54, 1.807) is 12.0 Å². The highest BCUT2D eigenvalue weighted by molar-refractivity contribution is 5.89. The summed E-state index contributed by atoms with van der Waals surface area (Å²) >= 11 is 0. The first-order valence-electron chi connectivity index (χ1n) is 7.16. The molecule has 0 aromatic rings. The molecule has 0 aliphatic carbocycles. The SMILES string of the molecule is CCCCCNC(=O)[C@@H]1CC(=O)N([C@@H](C)COC)C1. The molecule has 0 radical (unpaired) electrons. The van der Waals surface area contributed by atoms with Gasteiger partial charge in [0.2, 0.25) is 11.8 Å². The van der Waals surface area contributed by atoms with Crippen LogP contribution in [0.2, 0.25) is 0 Å². The van der Waals surface area contributed by atoms with Gasteiger partial charge in [-0.05, 0) is 13.3 Å². The first kappa shape index (κ1) is 16.0. The van der Waals surface area contributed by atoms with Crippen LogP contribution in [0.15, 0.2) is 0 Å². The molecular formula is C14H26N2O3. The molecule has 0 unspecified atom stereocenters. The number of rotatable bonds is 8. The van der Waals surface area contributed by atoms with E-state index in [1.807, 2.05) is 6.92 Å². The number of amides is 2. The summed E-state index contributed by atoms with van der Waals surface area (Å²) in [6.45, 7) is 5.82. The first-order chi connectivity index (χ1) is 9.10. The zero-order valence-corrected chi connectivity index (χ0v) is 12.3. The van der Waals surface area contributed by atoms with E-state index in [4.69, 9.17) is 4.74 Å². The normalized spacial score (nSPS) is 20.7. The number of carbonyl (C=O) groups excluding carboxylic acids is 2. The van der Waals surface area contributed by atoms with E-state index >= 15 is 0 Å². The molecule has 0 aromatic heterocycles. The summed E-state index contributed by atoms with van der Waals surface area (Å²) in [6, 6.07) is 0.0374. The Morgan fingerprint density at radius 3 is 2.89 bits per heavy atom. The summed E-state index contributed by atoms with van der Waals surface area (Å²) in [6.07, 6.45) is 3.60. The Kier molecular flexibility index (Phi) is 6.84. The van der Waals surface area contributed by atoms with Crippen LogP contribution >= 0.6 is 0 Å². The molecule has 1 saturated heterocycles. The fourth-order valence-corrected chi connectivity index (χ4v) is 2.40. The molecule has 19 heavy (non-hydrogen) atoms. The molecule has 5 nitrogen and oxygen atoms in total. The maximum absolute atomic E-state index is 12.0. The van der Waals surface area contributed by atoms with Crippen molar-refractivity contribution >= 4 is 11.8 Å². The lowest BCUT2D eigenvalue weighted by Crippen LogP contribution is -2.39. The van der Waals surface area contributed by atoms with Crippen LogP contribution in [0.3, 0.4) is 0 Å². The van der Waals surface area contributed by atoms with Crippen molar-refractivity contribution < 1.29 is 14.3 Å². The number of ether oxygens (including phenoxy) is 1. The van der Waals surface area contributed by atoms with Gasteiger partial charge in [0.15, 0.2) is 0 Å². The number of methoxy groups -OCH3 is 1. The molecule has 1 fully saturated rings. The van der Waals surface area contributed by atoms with Gasteiger partial charge in [-0.1, -0.05) is 19.8 Å². The van der Waals surface area contributed by atoms with Gasteiger partial charge in [0.05, 0.1) is 18.6 Å². The fourth-order valence-electron chi connectivity index (χ4n) is 2.40. The first-order valence-corrected chi connectivity index (χ1v) is 7.16. The van der Waals surface area contributed by atoms with Gasteiger partial charge in [-0.2, -0.15) is 0 Å². The Morgan fingerprint density at radius 2 is 2.26 bits per heavy atom. The second-order valence-corrected chi connectivity index (χ2v) is 5.25. The molecule has 1 heterocycles. The minimum absolute atomic E-state index is 0.0107. The average Bonchev–Trinajstić information content (AvgIpc) is 2.77. The predicted molar refractivity (Wildman–Crippen MR) is 73.7 cm³/mol. The van der Waals surface area contributed by atoms with Gasteiger partial charge in [0.25, 0.3) is 0 Å². The molecule has 1 aliphatic rings. The highest BCUT2D eigenvalue weighted by Gasteiger charge is 2.36. The van der Waals surface area contributed by atoms with Crippen molar-refractivity contribution in [2.75, 3.05) is 26.8 Å². The molecule has 0 bridgehead atoms. The highest BCUT2D eigenvalue weighted by atomic mass is 16.5.